The number of amides is 2. The van der Waals surface area contributed by atoms with E-state index in [-0.39, 0.29) is 31.0 Å². The third-order valence-electron chi connectivity index (χ3n) is 5.29. The zero-order chi connectivity index (χ0) is 19.8. The fourth-order valence-electron chi connectivity index (χ4n) is 3.90. The Hall–Kier alpha value is -0.180. The molecule has 0 aromatic heterocycles. The number of alkyl halides is 1. The van der Waals surface area contributed by atoms with Crippen LogP contribution in [0, 0.1) is 11.8 Å². The van der Waals surface area contributed by atoms with Gasteiger partial charge < -0.3 is 4.74 Å². The maximum atomic E-state index is 13.0. The average molecular weight is 619 g/mol. The molecule has 0 aromatic rings. The number of hydrogen-bond donors (Lipinski definition) is 1. The van der Waals surface area contributed by atoms with E-state index in [1.54, 1.807) is 3.11 Å². The molecule has 0 aliphatic heterocycles. The van der Waals surface area contributed by atoms with Crippen molar-refractivity contribution in [1.29, 1.82) is 0 Å². The van der Waals surface area contributed by atoms with E-state index in [2.05, 4.69) is 45.5 Å². The monoisotopic (exact) mass is 619 g/mol. The molecule has 4 atom stereocenters. The molecule has 10 heteroatoms. The van der Waals surface area contributed by atoms with Gasteiger partial charge in [-0.25, -0.2) is 9.10 Å². The molecule has 0 heterocycles. The van der Waals surface area contributed by atoms with E-state index in [1.165, 1.54) is 25.3 Å². The Kier molecular flexibility index (Phi) is 6.92. The third kappa shape index (κ3) is 4.23. The van der Waals surface area contributed by atoms with Crippen molar-refractivity contribution in [1.82, 2.24) is 12.1 Å². The summed E-state index contributed by atoms with van der Waals surface area (Å²) in [4.78, 5) is 13.0. The summed E-state index contributed by atoms with van der Waals surface area (Å²) in [6, 6.07) is -0.622. The highest BCUT2D eigenvalue weighted by Crippen LogP contribution is 2.49. The van der Waals surface area contributed by atoms with E-state index >= 15 is 0 Å². The van der Waals surface area contributed by atoms with Gasteiger partial charge in [0.1, 0.15) is 0 Å². The predicted molar refractivity (Wildman–Crippen MR) is 121 cm³/mol. The first-order valence-electron chi connectivity index (χ1n) is 8.73. The average Bonchev–Trinajstić information content (AvgIpc) is 3.25. The highest BCUT2D eigenvalue weighted by atomic mass is 127. The van der Waals surface area contributed by atoms with Gasteiger partial charge in [0.2, 0.25) is 0 Å². The Balaban J connectivity index is 1.81. The standard InChI is InChI=1S/C17H23I2N3O4S/c1-21(27(24,25)20-8-9-26-2)17(23)22(19)16-12-5-3-4-11(12)10-14-13(16)6-7-15(14)18/h3-5,10,12-13,15-16,20H,6-9H2,1-2H3. The van der Waals surface area contributed by atoms with Crippen molar-refractivity contribution in [3.8, 4) is 0 Å². The van der Waals surface area contributed by atoms with Crippen LogP contribution in [0.4, 0.5) is 4.79 Å². The van der Waals surface area contributed by atoms with Crippen LogP contribution >= 0.6 is 45.5 Å². The van der Waals surface area contributed by atoms with E-state index < -0.39 is 16.2 Å². The highest BCUT2D eigenvalue weighted by Gasteiger charge is 2.47. The largest absolute Gasteiger partial charge is 0.383 e. The highest BCUT2D eigenvalue weighted by molar-refractivity contribution is 14.1. The van der Waals surface area contributed by atoms with Gasteiger partial charge in [0, 0.05) is 36.5 Å². The number of halogens is 2. The minimum Gasteiger partial charge on any atom is -0.383 e. The van der Waals surface area contributed by atoms with Gasteiger partial charge in [-0.05, 0) is 18.4 Å². The summed E-state index contributed by atoms with van der Waals surface area (Å²) < 4.78 is 34.9. The summed E-state index contributed by atoms with van der Waals surface area (Å²) in [6.45, 7) is 0.359. The van der Waals surface area contributed by atoms with Crippen LogP contribution in [-0.4, -0.2) is 59.1 Å². The minimum atomic E-state index is -3.91. The molecule has 1 N–H and O–H groups in total. The van der Waals surface area contributed by atoms with Crippen LogP contribution in [0.15, 0.2) is 35.5 Å². The predicted octanol–water partition coefficient (Wildman–Crippen LogP) is 2.81. The summed E-state index contributed by atoms with van der Waals surface area (Å²) in [5.74, 6) is 0.369. The second-order valence-electron chi connectivity index (χ2n) is 6.82. The topological polar surface area (TPSA) is 79.0 Å². The molecule has 3 aliphatic rings. The van der Waals surface area contributed by atoms with Crippen molar-refractivity contribution in [2.24, 2.45) is 11.8 Å². The van der Waals surface area contributed by atoms with Crippen molar-refractivity contribution in [2.45, 2.75) is 22.8 Å². The lowest BCUT2D eigenvalue weighted by molar-refractivity contribution is 0.188. The lowest BCUT2D eigenvalue weighted by Crippen LogP contribution is -2.52. The number of carbonyl (C=O) groups excluding carboxylic acids is 1. The van der Waals surface area contributed by atoms with Crippen LogP contribution in [-0.2, 0) is 14.9 Å². The van der Waals surface area contributed by atoms with Gasteiger partial charge in [-0.2, -0.15) is 13.1 Å². The Morgan fingerprint density at radius 3 is 2.85 bits per heavy atom. The summed E-state index contributed by atoms with van der Waals surface area (Å²) in [7, 11) is -1.13. The summed E-state index contributed by atoms with van der Waals surface area (Å²) in [5, 5.41) is 0. The van der Waals surface area contributed by atoms with E-state index in [1.807, 2.05) is 28.9 Å². The normalized spacial score (nSPS) is 29.0. The molecule has 3 rings (SSSR count). The Bertz CT molecular complexity index is 796. The Morgan fingerprint density at radius 2 is 2.15 bits per heavy atom. The summed E-state index contributed by atoms with van der Waals surface area (Å²) in [5.41, 5.74) is 2.57. The van der Waals surface area contributed by atoms with E-state index in [0.717, 1.165) is 17.1 Å². The first-order chi connectivity index (χ1) is 12.8. The van der Waals surface area contributed by atoms with Crippen molar-refractivity contribution in [3.63, 3.8) is 0 Å². The van der Waals surface area contributed by atoms with Crippen molar-refractivity contribution >= 4 is 61.7 Å². The number of hydrogen-bond acceptors (Lipinski definition) is 4. The van der Waals surface area contributed by atoms with Crippen molar-refractivity contribution in [2.75, 3.05) is 27.3 Å². The van der Waals surface area contributed by atoms with Crippen LogP contribution < -0.4 is 4.72 Å². The van der Waals surface area contributed by atoms with Crippen LogP contribution in [0.25, 0.3) is 0 Å². The van der Waals surface area contributed by atoms with Gasteiger partial charge in [0.05, 0.1) is 35.5 Å². The van der Waals surface area contributed by atoms with Gasteiger partial charge >= 0.3 is 16.2 Å². The maximum absolute atomic E-state index is 13.0. The third-order valence-corrected chi connectivity index (χ3v) is 9.14. The lowest BCUT2D eigenvalue weighted by Gasteiger charge is -2.40. The van der Waals surface area contributed by atoms with Gasteiger partial charge in [0.15, 0.2) is 0 Å². The molecule has 0 spiro atoms. The Morgan fingerprint density at radius 1 is 1.41 bits per heavy atom. The van der Waals surface area contributed by atoms with Gasteiger partial charge in [-0.3, -0.25) is 3.11 Å². The van der Waals surface area contributed by atoms with Crippen molar-refractivity contribution < 1.29 is 17.9 Å². The van der Waals surface area contributed by atoms with Crippen molar-refractivity contribution in [3.05, 3.63) is 35.5 Å². The van der Waals surface area contributed by atoms with Crippen LogP contribution in [0.3, 0.4) is 0 Å². The fourth-order valence-corrected chi connectivity index (χ4v) is 6.93. The van der Waals surface area contributed by atoms with Crippen LogP contribution in [0.2, 0.25) is 0 Å². The second kappa shape index (κ2) is 8.67. The van der Waals surface area contributed by atoms with Gasteiger partial charge in [0.25, 0.3) is 0 Å². The molecule has 0 radical (unpaired) electrons. The second-order valence-corrected chi connectivity index (χ2v) is 11.1. The van der Waals surface area contributed by atoms with Crippen LogP contribution in [0.5, 0.6) is 0 Å². The minimum absolute atomic E-state index is 0.0838. The zero-order valence-corrected chi connectivity index (χ0v) is 20.3. The zero-order valence-electron chi connectivity index (χ0n) is 15.1. The summed E-state index contributed by atoms with van der Waals surface area (Å²) >= 11 is 4.45. The molecule has 0 saturated heterocycles. The van der Waals surface area contributed by atoms with Gasteiger partial charge in [-0.1, -0.05) is 52.5 Å². The Labute approximate surface area is 188 Å². The number of ether oxygens (including phenoxy) is 1. The molecule has 4 unspecified atom stereocenters. The number of methoxy groups -OCH3 is 1. The van der Waals surface area contributed by atoms with Gasteiger partial charge in [-0.15, -0.1) is 0 Å². The molecule has 7 nitrogen and oxygen atoms in total. The molecule has 150 valence electrons. The first kappa shape index (κ1) is 21.5. The molecular weight excluding hydrogens is 596 g/mol. The fraction of sp³-hybridized carbons (Fsp3) is 0.588. The maximum Gasteiger partial charge on any atom is 0.343 e. The number of urea groups is 1. The molecule has 1 saturated carbocycles. The van der Waals surface area contributed by atoms with E-state index in [4.69, 9.17) is 4.74 Å². The lowest BCUT2D eigenvalue weighted by atomic mass is 9.76. The smallest absolute Gasteiger partial charge is 0.343 e. The number of nitrogens with zero attached hydrogens (tertiary/aromatic N) is 2. The number of allylic oxidation sites excluding steroid dienone is 3. The molecule has 27 heavy (non-hydrogen) atoms. The molecule has 1 fully saturated rings. The number of rotatable bonds is 6. The SMILES string of the molecule is COCCNS(=O)(=O)N(C)C(=O)N(I)C1C2C=CC=C2C=C2C(I)CCC21. The molecule has 0 aromatic carbocycles. The number of carbonyl (C=O) groups is 1. The number of nitrogens with one attached hydrogen (secondary N) is 1. The molecule has 0 bridgehead atoms. The molecular formula is C17H23I2N3O4S. The van der Waals surface area contributed by atoms with E-state index in [0.29, 0.717) is 3.92 Å². The number of fused-ring (bicyclic) bond motifs is 2. The van der Waals surface area contributed by atoms with E-state index in [9.17, 15) is 13.2 Å². The molecule has 3 aliphatic carbocycles. The first-order valence-corrected chi connectivity index (χ1v) is 12.4. The summed E-state index contributed by atoms with van der Waals surface area (Å²) in [6.07, 6.45) is 10.6. The quantitative estimate of drug-likeness (QED) is 0.215. The molecule has 2 amide bonds. The van der Waals surface area contributed by atoms with Crippen LogP contribution in [0.1, 0.15) is 12.8 Å².